The molecule has 1 amide bonds. The third-order valence-corrected chi connectivity index (χ3v) is 7.64. The average molecular weight is 450 g/mol. The van der Waals surface area contributed by atoms with E-state index in [-0.39, 0.29) is 10.8 Å². The first-order valence-corrected chi connectivity index (χ1v) is 12.1. The molecule has 0 fully saturated rings. The van der Waals surface area contributed by atoms with Crippen molar-refractivity contribution in [1.82, 2.24) is 5.32 Å². The lowest BCUT2D eigenvalue weighted by Gasteiger charge is -2.25. The molecule has 0 saturated carbocycles. The highest BCUT2D eigenvalue weighted by molar-refractivity contribution is 7.92. The Balaban J connectivity index is 1.43. The molecule has 1 unspecified atom stereocenters. The quantitative estimate of drug-likeness (QED) is 0.597. The van der Waals surface area contributed by atoms with Gasteiger partial charge in [-0.1, -0.05) is 42.5 Å². The van der Waals surface area contributed by atoms with Crippen molar-refractivity contribution < 1.29 is 13.2 Å². The molecule has 0 aromatic heterocycles. The van der Waals surface area contributed by atoms with E-state index in [9.17, 15) is 13.2 Å². The molecule has 4 rings (SSSR count). The third kappa shape index (κ3) is 4.34. The van der Waals surface area contributed by atoms with E-state index in [4.69, 9.17) is 0 Å². The first-order valence-electron chi connectivity index (χ1n) is 10.6. The molecular formula is C25H27N3O3S. The normalized spacial score (nSPS) is 15.3. The predicted molar refractivity (Wildman–Crippen MR) is 128 cm³/mol. The van der Waals surface area contributed by atoms with Crippen LogP contribution < -0.4 is 14.5 Å². The van der Waals surface area contributed by atoms with E-state index in [2.05, 4.69) is 29.3 Å². The Bertz CT molecular complexity index is 1210. The van der Waals surface area contributed by atoms with Gasteiger partial charge < -0.3 is 10.2 Å². The highest BCUT2D eigenvalue weighted by atomic mass is 32.2. The lowest BCUT2D eigenvalue weighted by atomic mass is 10.1. The second-order valence-electron chi connectivity index (χ2n) is 7.97. The van der Waals surface area contributed by atoms with Crippen molar-refractivity contribution >= 4 is 27.3 Å². The summed E-state index contributed by atoms with van der Waals surface area (Å²) in [5, 5.41) is 2.93. The van der Waals surface area contributed by atoms with Crippen LogP contribution in [-0.4, -0.2) is 40.5 Å². The van der Waals surface area contributed by atoms with E-state index < -0.39 is 10.0 Å². The van der Waals surface area contributed by atoms with Gasteiger partial charge in [0.1, 0.15) is 0 Å². The molecular weight excluding hydrogens is 422 g/mol. The average Bonchev–Trinajstić information content (AvgIpc) is 3.14. The minimum atomic E-state index is -3.78. The molecule has 166 valence electrons. The second-order valence-corrected chi connectivity index (χ2v) is 9.94. The molecule has 0 bridgehead atoms. The molecule has 1 atom stereocenters. The minimum Gasteiger partial charge on any atom is -0.367 e. The first-order chi connectivity index (χ1) is 15.4. The fraction of sp³-hybridized carbons (Fsp3) is 0.240. The molecule has 3 aromatic carbocycles. The summed E-state index contributed by atoms with van der Waals surface area (Å²) in [6, 6.07) is 23.7. The highest BCUT2D eigenvalue weighted by Gasteiger charge is 2.25. The number of amides is 1. The summed E-state index contributed by atoms with van der Waals surface area (Å²) >= 11 is 0. The van der Waals surface area contributed by atoms with Crippen LogP contribution in [0.3, 0.4) is 0 Å². The molecule has 0 saturated heterocycles. The standard InChI is InChI=1S/C25H27N3O3S/c1-19-17-20-9-6-7-14-24(20)28(19)16-15-26-25(29)21-10-8-13-23(18-21)32(30,31)27(2)22-11-4-3-5-12-22/h3-14,18-19H,15-17H2,1-2H3,(H,26,29). The monoisotopic (exact) mass is 449 g/mol. The number of sulfonamides is 1. The maximum absolute atomic E-state index is 13.0. The number of para-hydroxylation sites is 2. The van der Waals surface area contributed by atoms with Crippen LogP contribution in [0.25, 0.3) is 0 Å². The molecule has 1 aliphatic heterocycles. The van der Waals surface area contributed by atoms with E-state index in [1.54, 1.807) is 36.4 Å². The van der Waals surface area contributed by atoms with Crippen LogP contribution in [0, 0.1) is 0 Å². The van der Waals surface area contributed by atoms with E-state index in [1.807, 2.05) is 18.2 Å². The van der Waals surface area contributed by atoms with Gasteiger partial charge in [-0.05, 0) is 55.3 Å². The van der Waals surface area contributed by atoms with E-state index in [1.165, 1.54) is 34.7 Å². The fourth-order valence-corrected chi connectivity index (χ4v) is 5.34. The summed E-state index contributed by atoms with van der Waals surface area (Å²) in [5.74, 6) is -0.287. The number of hydrogen-bond acceptors (Lipinski definition) is 4. The lowest BCUT2D eigenvalue weighted by Crippen LogP contribution is -2.38. The number of nitrogens with zero attached hydrogens (tertiary/aromatic N) is 2. The largest absolute Gasteiger partial charge is 0.367 e. The summed E-state index contributed by atoms with van der Waals surface area (Å²) in [7, 11) is -2.27. The van der Waals surface area contributed by atoms with Gasteiger partial charge in [-0.3, -0.25) is 9.10 Å². The number of anilines is 2. The Morgan fingerprint density at radius 1 is 1.03 bits per heavy atom. The third-order valence-electron chi connectivity index (χ3n) is 5.86. The van der Waals surface area contributed by atoms with Crippen LogP contribution in [-0.2, 0) is 16.4 Å². The maximum Gasteiger partial charge on any atom is 0.264 e. The highest BCUT2D eigenvalue weighted by Crippen LogP contribution is 2.31. The Morgan fingerprint density at radius 2 is 1.75 bits per heavy atom. The number of hydrogen-bond donors (Lipinski definition) is 1. The zero-order valence-electron chi connectivity index (χ0n) is 18.2. The van der Waals surface area contributed by atoms with Crippen LogP contribution >= 0.6 is 0 Å². The molecule has 1 N–H and O–H groups in total. The summed E-state index contributed by atoms with van der Waals surface area (Å²) < 4.78 is 27.3. The van der Waals surface area contributed by atoms with Gasteiger partial charge in [-0.25, -0.2) is 8.42 Å². The van der Waals surface area contributed by atoms with Crippen LogP contribution in [0.5, 0.6) is 0 Å². The number of benzene rings is 3. The molecule has 1 aliphatic rings. The summed E-state index contributed by atoms with van der Waals surface area (Å²) in [6.07, 6.45) is 0.999. The number of rotatable bonds is 7. The summed E-state index contributed by atoms with van der Waals surface area (Å²) in [6.45, 7) is 3.34. The predicted octanol–water partition coefficient (Wildman–Crippen LogP) is 3.69. The molecule has 0 aliphatic carbocycles. The second kappa shape index (κ2) is 9.04. The van der Waals surface area contributed by atoms with Crippen molar-refractivity contribution in [2.24, 2.45) is 0 Å². The van der Waals surface area contributed by atoms with Gasteiger partial charge in [0.2, 0.25) is 0 Å². The van der Waals surface area contributed by atoms with Crippen LogP contribution in [0.4, 0.5) is 11.4 Å². The van der Waals surface area contributed by atoms with Crippen LogP contribution in [0.15, 0.2) is 83.8 Å². The van der Waals surface area contributed by atoms with Crippen molar-refractivity contribution in [2.75, 3.05) is 29.3 Å². The zero-order chi connectivity index (χ0) is 22.7. The van der Waals surface area contributed by atoms with Gasteiger partial charge in [-0.2, -0.15) is 0 Å². The van der Waals surface area contributed by atoms with Gasteiger partial charge in [0.25, 0.3) is 15.9 Å². The number of nitrogens with one attached hydrogen (secondary N) is 1. The summed E-state index contributed by atoms with van der Waals surface area (Å²) in [5.41, 5.74) is 3.42. The number of fused-ring (bicyclic) bond motifs is 1. The zero-order valence-corrected chi connectivity index (χ0v) is 19.0. The van der Waals surface area contributed by atoms with Gasteiger partial charge in [0, 0.05) is 37.4 Å². The Morgan fingerprint density at radius 3 is 2.53 bits per heavy atom. The van der Waals surface area contributed by atoms with Crippen molar-refractivity contribution in [1.29, 1.82) is 0 Å². The van der Waals surface area contributed by atoms with E-state index in [0.717, 1.165) is 6.42 Å². The first kappa shape index (κ1) is 21.9. The van der Waals surface area contributed by atoms with Crippen LogP contribution in [0.2, 0.25) is 0 Å². The molecule has 7 heteroatoms. The van der Waals surface area contributed by atoms with Gasteiger partial charge in [0.15, 0.2) is 0 Å². The van der Waals surface area contributed by atoms with Gasteiger partial charge in [0.05, 0.1) is 10.6 Å². The fourth-order valence-electron chi connectivity index (χ4n) is 4.09. The van der Waals surface area contributed by atoms with Crippen molar-refractivity contribution in [3.05, 3.63) is 90.0 Å². The Labute approximate surface area is 189 Å². The minimum absolute atomic E-state index is 0.0820. The number of carbonyl (C=O) groups excluding carboxylic acids is 1. The van der Waals surface area contributed by atoms with Crippen molar-refractivity contribution in [2.45, 2.75) is 24.3 Å². The van der Waals surface area contributed by atoms with Gasteiger partial charge in [-0.15, -0.1) is 0 Å². The molecule has 32 heavy (non-hydrogen) atoms. The van der Waals surface area contributed by atoms with Gasteiger partial charge >= 0.3 is 0 Å². The van der Waals surface area contributed by atoms with Crippen molar-refractivity contribution in [3.8, 4) is 0 Å². The Hall–Kier alpha value is -3.32. The molecule has 1 heterocycles. The smallest absolute Gasteiger partial charge is 0.264 e. The molecule has 0 radical (unpaired) electrons. The molecule has 0 spiro atoms. The summed E-state index contributed by atoms with van der Waals surface area (Å²) in [4.78, 5) is 15.1. The van der Waals surface area contributed by atoms with Crippen LogP contribution in [0.1, 0.15) is 22.8 Å². The Kier molecular flexibility index (Phi) is 6.19. The van der Waals surface area contributed by atoms with E-state index >= 15 is 0 Å². The van der Waals surface area contributed by atoms with Crippen molar-refractivity contribution in [3.63, 3.8) is 0 Å². The molecule has 6 nitrogen and oxygen atoms in total. The van der Waals surface area contributed by atoms with E-state index in [0.29, 0.717) is 30.4 Å². The number of carbonyl (C=O) groups is 1. The topological polar surface area (TPSA) is 69.7 Å². The molecule has 3 aromatic rings. The lowest BCUT2D eigenvalue weighted by molar-refractivity contribution is 0.0954. The SMILES string of the molecule is CC1Cc2ccccc2N1CCNC(=O)c1cccc(S(=O)(=O)N(C)c2ccccc2)c1. The maximum atomic E-state index is 13.0.